The number of rotatable bonds is 3. The van der Waals surface area contributed by atoms with Crippen molar-refractivity contribution < 1.29 is 4.79 Å². The van der Waals surface area contributed by atoms with Crippen LogP contribution in [-0.2, 0) is 4.79 Å². The summed E-state index contributed by atoms with van der Waals surface area (Å²) in [5, 5.41) is 11.1. The number of hydrogen-bond donors (Lipinski definition) is 1. The fourth-order valence-electron chi connectivity index (χ4n) is 2.01. The smallest absolute Gasteiger partial charge is 0.238 e. The number of nitriles is 1. The molecule has 1 saturated heterocycles. The molecule has 4 heteroatoms. The first-order valence-electron chi connectivity index (χ1n) is 5.81. The van der Waals surface area contributed by atoms with Crippen LogP contribution in [0.2, 0.25) is 0 Å². The van der Waals surface area contributed by atoms with E-state index in [0.29, 0.717) is 0 Å². The van der Waals surface area contributed by atoms with Crippen LogP contribution in [0.1, 0.15) is 19.3 Å². The van der Waals surface area contributed by atoms with Gasteiger partial charge in [-0.15, -0.1) is 0 Å². The predicted octanol–water partition coefficient (Wildman–Crippen LogP) is 2.14. The average molecular weight is 229 g/mol. The third-order valence-electron chi connectivity index (χ3n) is 2.86. The molecule has 1 heterocycles. The third kappa shape index (κ3) is 2.97. The molecule has 2 rings (SSSR count). The van der Waals surface area contributed by atoms with Gasteiger partial charge in [0.25, 0.3) is 0 Å². The third-order valence-corrected chi connectivity index (χ3v) is 2.86. The molecule has 0 atom stereocenters. The maximum atomic E-state index is 11.2. The summed E-state index contributed by atoms with van der Waals surface area (Å²) >= 11 is 0. The standard InChI is InChI=1S/C13H15N3O/c14-8-7-13(17)15-11-3-5-12(6-4-11)16-9-1-2-10-16/h3-6H,1-2,7,9-10H2,(H,15,17). The van der Waals surface area contributed by atoms with Gasteiger partial charge in [0, 0.05) is 24.5 Å². The van der Waals surface area contributed by atoms with E-state index in [1.807, 2.05) is 30.3 Å². The molecule has 0 saturated carbocycles. The van der Waals surface area contributed by atoms with Crippen LogP contribution in [0.25, 0.3) is 0 Å². The molecule has 0 aromatic heterocycles. The molecule has 17 heavy (non-hydrogen) atoms. The molecular formula is C13H15N3O. The van der Waals surface area contributed by atoms with Crippen molar-refractivity contribution in [1.82, 2.24) is 0 Å². The highest BCUT2D eigenvalue weighted by molar-refractivity contribution is 5.92. The predicted molar refractivity (Wildman–Crippen MR) is 66.7 cm³/mol. The van der Waals surface area contributed by atoms with Gasteiger partial charge in [0.1, 0.15) is 6.42 Å². The topological polar surface area (TPSA) is 56.1 Å². The minimum absolute atomic E-state index is 0.103. The number of benzene rings is 1. The summed E-state index contributed by atoms with van der Waals surface area (Å²) in [6.07, 6.45) is 2.40. The van der Waals surface area contributed by atoms with Gasteiger partial charge in [-0.3, -0.25) is 4.79 Å². The van der Waals surface area contributed by atoms with Crippen molar-refractivity contribution in [3.8, 4) is 6.07 Å². The molecular weight excluding hydrogens is 214 g/mol. The van der Waals surface area contributed by atoms with Crippen LogP contribution in [-0.4, -0.2) is 19.0 Å². The number of carbonyl (C=O) groups is 1. The van der Waals surface area contributed by atoms with Crippen LogP contribution < -0.4 is 10.2 Å². The van der Waals surface area contributed by atoms with E-state index in [-0.39, 0.29) is 12.3 Å². The zero-order chi connectivity index (χ0) is 12.1. The number of amides is 1. The summed E-state index contributed by atoms with van der Waals surface area (Å²) in [6.45, 7) is 2.22. The minimum atomic E-state index is -0.263. The fraction of sp³-hybridized carbons (Fsp3) is 0.385. The second-order valence-electron chi connectivity index (χ2n) is 4.12. The van der Waals surface area contributed by atoms with Gasteiger partial charge in [-0.05, 0) is 37.1 Å². The van der Waals surface area contributed by atoms with Gasteiger partial charge in [0.05, 0.1) is 6.07 Å². The van der Waals surface area contributed by atoms with Gasteiger partial charge in [-0.1, -0.05) is 0 Å². The molecule has 1 amide bonds. The summed E-state index contributed by atoms with van der Waals surface area (Å²) < 4.78 is 0. The monoisotopic (exact) mass is 229 g/mol. The molecule has 1 aliphatic rings. The summed E-state index contributed by atoms with van der Waals surface area (Å²) in [5.41, 5.74) is 1.94. The van der Waals surface area contributed by atoms with Crippen LogP contribution in [0.15, 0.2) is 24.3 Å². The molecule has 0 aliphatic carbocycles. The van der Waals surface area contributed by atoms with Gasteiger partial charge in [0.2, 0.25) is 5.91 Å². The van der Waals surface area contributed by atoms with Crippen LogP contribution in [0.4, 0.5) is 11.4 Å². The Kier molecular flexibility index (Phi) is 3.61. The first-order chi connectivity index (χ1) is 8.29. The lowest BCUT2D eigenvalue weighted by atomic mass is 10.2. The van der Waals surface area contributed by atoms with Crippen molar-refractivity contribution in [2.45, 2.75) is 19.3 Å². The molecule has 1 N–H and O–H groups in total. The summed E-state index contributed by atoms with van der Waals surface area (Å²) in [5.74, 6) is -0.263. The normalized spacial score (nSPS) is 14.4. The zero-order valence-corrected chi connectivity index (χ0v) is 9.65. The van der Waals surface area contributed by atoms with Gasteiger partial charge in [0.15, 0.2) is 0 Å². The lowest BCUT2D eigenvalue weighted by Crippen LogP contribution is -2.17. The van der Waals surface area contributed by atoms with E-state index in [4.69, 9.17) is 5.26 Å². The van der Waals surface area contributed by atoms with E-state index in [1.165, 1.54) is 18.5 Å². The maximum absolute atomic E-state index is 11.2. The van der Waals surface area contributed by atoms with Crippen molar-refractivity contribution in [3.05, 3.63) is 24.3 Å². The van der Waals surface area contributed by atoms with E-state index < -0.39 is 0 Å². The lowest BCUT2D eigenvalue weighted by molar-refractivity contribution is -0.115. The molecule has 0 bridgehead atoms. The molecule has 0 unspecified atom stereocenters. The first-order valence-corrected chi connectivity index (χ1v) is 5.81. The highest BCUT2D eigenvalue weighted by atomic mass is 16.1. The summed E-state index contributed by atoms with van der Waals surface area (Å²) in [4.78, 5) is 13.5. The molecule has 1 aliphatic heterocycles. The maximum Gasteiger partial charge on any atom is 0.238 e. The van der Waals surface area contributed by atoms with Crippen LogP contribution >= 0.6 is 0 Å². The molecule has 1 fully saturated rings. The Morgan fingerprint density at radius 3 is 2.53 bits per heavy atom. The van der Waals surface area contributed by atoms with Gasteiger partial charge < -0.3 is 10.2 Å². The Labute approximate surface area is 101 Å². The lowest BCUT2D eigenvalue weighted by Gasteiger charge is -2.17. The average Bonchev–Trinajstić information content (AvgIpc) is 2.84. The van der Waals surface area contributed by atoms with Gasteiger partial charge >= 0.3 is 0 Å². The van der Waals surface area contributed by atoms with E-state index in [9.17, 15) is 4.79 Å². The Balaban J connectivity index is 1.98. The zero-order valence-electron chi connectivity index (χ0n) is 9.65. The largest absolute Gasteiger partial charge is 0.372 e. The van der Waals surface area contributed by atoms with Crippen LogP contribution in [0.3, 0.4) is 0 Å². The van der Waals surface area contributed by atoms with Crippen molar-refractivity contribution in [3.63, 3.8) is 0 Å². The molecule has 4 nitrogen and oxygen atoms in total. The number of hydrogen-bond acceptors (Lipinski definition) is 3. The highest BCUT2D eigenvalue weighted by Crippen LogP contribution is 2.21. The fourth-order valence-corrected chi connectivity index (χ4v) is 2.01. The van der Waals surface area contributed by atoms with Crippen LogP contribution in [0.5, 0.6) is 0 Å². The number of anilines is 2. The van der Waals surface area contributed by atoms with Crippen molar-refractivity contribution >= 4 is 17.3 Å². The van der Waals surface area contributed by atoms with Gasteiger partial charge in [-0.25, -0.2) is 0 Å². The molecule has 0 spiro atoms. The van der Waals surface area contributed by atoms with E-state index in [2.05, 4.69) is 10.2 Å². The first kappa shape index (κ1) is 11.5. The number of nitrogens with one attached hydrogen (secondary N) is 1. The second kappa shape index (κ2) is 5.35. The molecule has 0 radical (unpaired) electrons. The van der Waals surface area contributed by atoms with Crippen molar-refractivity contribution in [1.29, 1.82) is 5.26 Å². The van der Waals surface area contributed by atoms with Crippen LogP contribution in [0, 0.1) is 11.3 Å². The summed E-state index contributed by atoms with van der Waals surface area (Å²) in [6, 6.07) is 9.59. The molecule has 1 aromatic carbocycles. The van der Waals surface area contributed by atoms with E-state index in [0.717, 1.165) is 18.8 Å². The van der Waals surface area contributed by atoms with Gasteiger partial charge in [-0.2, -0.15) is 5.26 Å². The SMILES string of the molecule is N#CCC(=O)Nc1ccc(N2CCCC2)cc1. The number of carbonyl (C=O) groups excluding carboxylic acids is 1. The van der Waals surface area contributed by atoms with Crippen molar-refractivity contribution in [2.24, 2.45) is 0 Å². The molecule has 1 aromatic rings. The Bertz CT molecular complexity index is 427. The van der Waals surface area contributed by atoms with E-state index in [1.54, 1.807) is 0 Å². The van der Waals surface area contributed by atoms with Crippen molar-refractivity contribution in [2.75, 3.05) is 23.3 Å². The Morgan fingerprint density at radius 1 is 1.29 bits per heavy atom. The Morgan fingerprint density at radius 2 is 1.94 bits per heavy atom. The highest BCUT2D eigenvalue weighted by Gasteiger charge is 2.11. The molecule has 88 valence electrons. The second-order valence-corrected chi connectivity index (χ2v) is 4.12. The minimum Gasteiger partial charge on any atom is -0.372 e. The number of nitrogens with zero attached hydrogens (tertiary/aromatic N) is 2. The quantitative estimate of drug-likeness (QED) is 0.863. The van der Waals surface area contributed by atoms with E-state index >= 15 is 0 Å². The summed E-state index contributed by atoms with van der Waals surface area (Å²) in [7, 11) is 0. The Hall–Kier alpha value is -2.02.